The van der Waals surface area contributed by atoms with Gasteiger partial charge in [-0.15, -0.1) is 0 Å². The van der Waals surface area contributed by atoms with Gasteiger partial charge in [0.05, 0.1) is 0 Å². The quantitative estimate of drug-likeness (QED) is 0.294. The van der Waals surface area contributed by atoms with Gasteiger partial charge >= 0.3 is 0 Å². The molecule has 3 fully saturated rings. The molecule has 0 N–H and O–H groups in total. The maximum Gasteiger partial charge on any atom is 0.109 e. The molecule has 7 unspecified atom stereocenters. The van der Waals surface area contributed by atoms with Crippen molar-refractivity contribution >= 4 is 12.4 Å². The van der Waals surface area contributed by atoms with Crippen LogP contribution in [0.25, 0.3) is 0 Å². The van der Waals surface area contributed by atoms with Crippen LogP contribution in [0.1, 0.15) is 63.9 Å². The van der Waals surface area contributed by atoms with Crippen LogP contribution in [0.3, 0.4) is 0 Å². The van der Waals surface area contributed by atoms with Crippen molar-refractivity contribution in [3.8, 4) is 0 Å². The van der Waals surface area contributed by atoms with Crippen LogP contribution in [0, 0.1) is 40.4 Å². The number of rotatable bonds is 3. The van der Waals surface area contributed by atoms with Gasteiger partial charge in [-0.25, -0.2) is 0 Å². The van der Waals surface area contributed by atoms with Crippen LogP contribution in [-0.2, 0) is 9.98 Å². The van der Waals surface area contributed by atoms with Gasteiger partial charge in [0.15, 0.2) is 0 Å². The molecule has 0 amide bonds. The molecule has 37 heavy (non-hydrogen) atoms. The highest BCUT2D eigenvalue weighted by Gasteiger charge is 2.81. The van der Waals surface area contributed by atoms with Crippen LogP contribution in [0.2, 0.25) is 0 Å². The lowest BCUT2D eigenvalue weighted by molar-refractivity contribution is 0.139. The Morgan fingerprint density at radius 1 is 0.892 bits per heavy atom. The molecule has 1 aromatic rings. The Labute approximate surface area is 224 Å². The molecule has 0 aromatic heterocycles. The molecule has 7 atom stereocenters. The lowest BCUT2D eigenvalue weighted by Crippen LogP contribution is -2.43. The first kappa shape index (κ1) is 24.2. The SMILES string of the molecule is CC1(c2cccc(P(C)(C)=O)c2)CCC=C(C2C3C=CC=CC3C3C4(CCCCC4)C34C=CC=CC24)C1. The van der Waals surface area contributed by atoms with Crippen LogP contribution in [0.5, 0.6) is 0 Å². The van der Waals surface area contributed by atoms with Crippen LogP contribution < -0.4 is 5.30 Å². The van der Waals surface area contributed by atoms with Crippen molar-refractivity contribution < 1.29 is 4.57 Å². The molecular formula is C35H43OP. The van der Waals surface area contributed by atoms with E-state index in [0.717, 1.165) is 24.1 Å². The highest BCUT2D eigenvalue weighted by atomic mass is 31.2. The Balaban J connectivity index is 1.29. The Bertz CT molecular complexity index is 1300. The summed E-state index contributed by atoms with van der Waals surface area (Å²) >= 11 is 0. The van der Waals surface area contributed by atoms with Crippen molar-refractivity contribution in [1.29, 1.82) is 0 Å². The maximum absolute atomic E-state index is 12.9. The zero-order valence-corrected chi connectivity index (χ0v) is 23.8. The summed E-state index contributed by atoms with van der Waals surface area (Å²) in [6.07, 6.45) is 33.1. The summed E-state index contributed by atoms with van der Waals surface area (Å²) in [6.45, 7) is 6.28. The molecule has 0 aliphatic heterocycles. The number of hydrogen-bond donors (Lipinski definition) is 0. The molecule has 194 valence electrons. The van der Waals surface area contributed by atoms with Crippen molar-refractivity contribution in [2.75, 3.05) is 13.3 Å². The minimum Gasteiger partial charge on any atom is -0.319 e. The molecular weight excluding hydrogens is 467 g/mol. The third-order valence-corrected chi connectivity index (χ3v) is 13.2. The number of fused-ring (bicyclic) bond motifs is 3. The fourth-order valence-corrected chi connectivity index (χ4v) is 11.0. The zero-order valence-electron chi connectivity index (χ0n) is 22.9. The van der Waals surface area contributed by atoms with Crippen LogP contribution in [0.15, 0.2) is 84.5 Å². The van der Waals surface area contributed by atoms with Crippen molar-refractivity contribution in [2.24, 2.45) is 40.4 Å². The highest BCUT2D eigenvalue weighted by Crippen LogP contribution is 2.86. The van der Waals surface area contributed by atoms with Gasteiger partial charge in [-0.1, -0.05) is 105 Å². The first-order valence-corrected chi connectivity index (χ1v) is 17.5. The van der Waals surface area contributed by atoms with Gasteiger partial charge in [0.25, 0.3) is 0 Å². The summed E-state index contributed by atoms with van der Waals surface area (Å²) in [6, 6.07) is 8.78. The van der Waals surface area contributed by atoms with E-state index in [0.29, 0.717) is 34.5 Å². The summed E-state index contributed by atoms with van der Waals surface area (Å²) in [5.74, 6) is 3.28. The molecule has 7 rings (SSSR count). The second-order valence-electron chi connectivity index (χ2n) is 13.8. The Hall–Kier alpha value is -1.85. The van der Waals surface area contributed by atoms with Crippen LogP contribution >= 0.6 is 7.14 Å². The topological polar surface area (TPSA) is 17.1 Å². The largest absolute Gasteiger partial charge is 0.319 e. The van der Waals surface area contributed by atoms with E-state index in [-0.39, 0.29) is 5.41 Å². The van der Waals surface area contributed by atoms with E-state index >= 15 is 0 Å². The van der Waals surface area contributed by atoms with Gasteiger partial charge in [0, 0.05) is 10.7 Å². The summed E-state index contributed by atoms with van der Waals surface area (Å²) < 4.78 is 12.9. The fourth-order valence-electron chi connectivity index (χ4n) is 10.1. The Morgan fingerprint density at radius 3 is 2.43 bits per heavy atom. The van der Waals surface area contributed by atoms with Gasteiger partial charge in [0.2, 0.25) is 0 Å². The van der Waals surface area contributed by atoms with Crippen molar-refractivity contribution in [1.82, 2.24) is 0 Å². The normalized spacial score (nSPS) is 41.1. The third-order valence-electron chi connectivity index (χ3n) is 11.7. The van der Waals surface area contributed by atoms with Gasteiger partial charge in [-0.2, -0.15) is 0 Å². The fraction of sp³-hybridized carbons (Fsp3) is 0.543. The summed E-state index contributed by atoms with van der Waals surface area (Å²) in [5.41, 5.74) is 4.05. The molecule has 1 nitrogen and oxygen atoms in total. The van der Waals surface area contributed by atoms with E-state index in [4.69, 9.17) is 0 Å². The summed E-state index contributed by atoms with van der Waals surface area (Å²) in [4.78, 5) is 0. The smallest absolute Gasteiger partial charge is 0.109 e. The van der Waals surface area contributed by atoms with Gasteiger partial charge < -0.3 is 4.57 Å². The second kappa shape index (κ2) is 8.32. The van der Waals surface area contributed by atoms with E-state index in [1.807, 2.05) is 13.3 Å². The Kier molecular flexibility index (Phi) is 5.45. The molecule has 3 saturated carbocycles. The standard InChI is InChI=1S/C35H43OP/c1-33(26-14-11-15-27(23-26)37(2,3)36)19-12-13-25(24-33)31-28-16-5-6-17-29(28)32-34(20-8-4-9-21-34)35(32)22-10-7-18-30(31)35/h5-7,10-11,13-18,22-23,28-32H,4,8-9,12,19-21,24H2,1-3H3. The van der Waals surface area contributed by atoms with E-state index in [1.54, 1.807) is 5.57 Å². The molecule has 2 spiro atoms. The lowest BCUT2D eigenvalue weighted by atomic mass is 9.55. The molecule has 6 aliphatic rings. The van der Waals surface area contributed by atoms with Gasteiger partial charge in [-0.05, 0) is 97.5 Å². The third kappa shape index (κ3) is 3.38. The summed E-state index contributed by atoms with van der Waals surface area (Å²) in [5, 5.41) is 1.03. The molecule has 0 bridgehead atoms. The van der Waals surface area contributed by atoms with Crippen molar-refractivity contribution in [3.63, 3.8) is 0 Å². The maximum atomic E-state index is 12.9. The van der Waals surface area contributed by atoms with Crippen LogP contribution in [0.4, 0.5) is 0 Å². The highest BCUT2D eigenvalue weighted by molar-refractivity contribution is 7.70. The number of hydrogen-bond acceptors (Lipinski definition) is 1. The summed E-state index contributed by atoms with van der Waals surface area (Å²) in [7, 11) is -2.28. The first-order valence-electron chi connectivity index (χ1n) is 14.9. The second-order valence-corrected chi connectivity index (χ2v) is 17.0. The predicted molar refractivity (Wildman–Crippen MR) is 157 cm³/mol. The number of benzene rings is 1. The van der Waals surface area contributed by atoms with Gasteiger partial charge in [-0.3, -0.25) is 0 Å². The van der Waals surface area contributed by atoms with E-state index < -0.39 is 7.14 Å². The van der Waals surface area contributed by atoms with Crippen molar-refractivity contribution in [3.05, 3.63) is 90.1 Å². The van der Waals surface area contributed by atoms with Gasteiger partial charge in [0.1, 0.15) is 7.14 Å². The molecule has 0 radical (unpaired) electrons. The molecule has 0 saturated heterocycles. The Morgan fingerprint density at radius 2 is 1.65 bits per heavy atom. The zero-order chi connectivity index (χ0) is 25.5. The minimum absolute atomic E-state index is 0.100. The van der Waals surface area contributed by atoms with E-state index in [1.165, 1.54) is 44.1 Å². The average molecular weight is 511 g/mol. The average Bonchev–Trinajstić information content (AvgIpc) is 3.45. The molecule has 1 aromatic carbocycles. The first-order chi connectivity index (χ1) is 17.8. The van der Waals surface area contributed by atoms with E-state index in [9.17, 15) is 4.57 Å². The number of allylic oxidation sites excluding steroid dienone is 10. The molecule has 6 aliphatic carbocycles. The van der Waals surface area contributed by atoms with Crippen molar-refractivity contribution in [2.45, 2.75) is 63.7 Å². The minimum atomic E-state index is -2.28. The predicted octanol–water partition coefficient (Wildman–Crippen LogP) is 8.60. The van der Waals surface area contributed by atoms with Crippen LogP contribution in [-0.4, -0.2) is 13.3 Å². The lowest BCUT2D eigenvalue weighted by Gasteiger charge is -2.49. The molecule has 2 heteroatoms. The monoisotopic (exact) mass is 510 g/mol. The molecule has 0 heterocycles. The van der Waals surface area contributed by atoms with E-state index in [2.05, 4.69) is 85.9 Å².